The van der Waals surface area contributed by atoms with E-state index in [4.69, 9.17) is 20.8 Å². The number of hydrogen-bond acceptors (Lipinski definition) is 5. The minimum atomic E-state index is -0.618. The average Bonchev–Trinajstić information content (AvgIpc) is 2.93. The van der Waals surface area contributed by atoms with Gasteiger partial charge in [0.25, 0.3) is 0 Å². The summed E-state index contributed by atoms with van der Waals surface area (Å²) in [5.74, 6) is 1.02. The third-order valence-electron chi connectivity index (χ3n) is 2.67. The number of benzene rings is 1. The van der Waals surface area contributed by atoms with Crippen molar-refractivity contribution < 1.29 is 18.9 Å². The molecule has 0 saturated heterocycles. The van der Waals surface area contributed by atoms with E-state index in [2.05, 4.69) is 0 Å². The molecule has 0 saturated carbocycles. The Hall–Kier alpha value is -2.60. The van der Waals surface area contributed by atoms with Crippen LogP contribution in [0.25, 0.3) is 17.4 Å². The van der Waals surface area contributed by atoms with Gasteiger partial charge >= 0.3 is 5.69 Å². The summed E-state index contributed by atoms with van der Waals surface area (Å²) in [6.45, 7) is 0. The average molecular weight is 308 g/mol. The molecule has 0 bridgehead atoms. The topological polar surface area (TPSA) is 82.6 Å². The number of carbonyl (C=O) groups excluding carboxylic acids is 1. The maximum atomic E-state index is 11.0. The van der Waals surface area contributed by atoms with Crippen molar-refractivity contribution in [1.29, 1.82) is 0 Å². The van der Waals surface area contributed by atoms with Gasteiger partial charge in [0.15, 0.2) is 5.75 Å². The molecule has 2 rings (SSSR count). The Labute approximate surface area is 124 Å². The largest absolute Gasteiger partial charge is 0.490 e. The predicted molar refractivity (Wildman–Crippen MR) is 77.2 cm³/mol. The maximum Gasteiger partial charge on any atom is 0.311 e. The SMILES string of the molecule is COc1ccc(-c2ccc(/C=C/C(=O)Cl)o2)cc1[N+](=O)[O-]. The molecule has 6 nitrogen and oxygen atoms in total. The fourth-order valence-electron chi connectivity index (χ4n) is 1.73. The first-order valence-electron chi connectivity index (χ1n) is 5.81. The van der Waals surface area contributed by atoms with E-state index in [-0.39, 0.29) is 11.4 Å². The molecule has 0 atom stereocenters. The summed E-state index contributed by atoms with van der Waals surface area (Å²) >= 11 is 5.18. The van der Waals surface area contributed by atoms with Crippen molar-refractivity contribution in [1.82, 2.24) is 0 Å². The molecular weight excluding hydrogens is 298 g/mol. The lowest BCUT2D eigenvalue weighted by Gasteiger charge is -2.03. The fraction of sp³-hybridized carbons (Fsp3) is 0.0714. The van der Waals surface area contributed by atoms with Crippen molar-refractivity contribution in [3.8, 4) is 17.1 Å². The normalized spacial score (nSPS) is 10.8. The monoisotopic (exact) mass is 307 g/mol. The summed E-state index contributed by atoms with van der Waals surface area (Å²) in [4.78, 5) is 21.1. The van der Waals surface area contributed by atoms with Crippen LogP contribution >= 0.6 is 11.6 Å². The van der Waals surface area contributed by atoms with Crippen molar-refractivity contribution in [3.05, 3.63) is 52.3 Å². The number of nitro groups is 1. The highest BCUT2D eigenvalue weighted by molar-refractivity contribution is 6.66. The first-order valence-corrected chi connectivity index (χ1v) is 6.19. The smallest absolute Gasteiger partial charge is 0.311 e. The Morgan fingerprint density at radius 1 is 1.38 bits per heavy atom. The number of halogens is 1. The van der Waals surface area contributed by atoms with Gasteiger partial charge in [-0.05, 0) is 41.9 Å². The minimum Gasteiger partial charge on any atom is -0.490 e. The van der Waals surface area contributed by atoms with Crippen molar-refractivity contribution in [2.45, 2.75) is 0 Å². The van der Waals surface area contributed by atoms with E-state index < -0.39 is 10.2 Å². The van der Waals surface area contributed by atoms with Gasteiger partial charge in [0.2, 0.25) is 5.24 Å². The number of allylic oxidation sites excluding steroid dienone is 1. The molecule has 0 aliphatic rings. The minimum absolute atomic E-state index is 0.153. The van der Waals surface area contributed by atoms with Gasteiger partial charge in [0.05, 0.1) is 12.0 Å². The highest BCUT2D eigenvalue weighted by Gasteiger charge is 2.17. The highest BCUT2D eigenvalue weighted by atomic mass is 35.5. The quantitative estimate of drug-likeness (QED) is 0.364. The second-order valence-corrected chi connectivity index (χ2v) is 4.36. The molecule has 0 radical (unpaired) electrons. The molecule has 0 unspecified atom stereocenters. The summed E-state index contributed by atoms with van der Waals surface area (Å²) in [5, 5.41) is 10.4. The molecular formula is C14H10ClNO5. The van der Waals surface area contributed by atoms with Crippen molar-refractivity contribution in [2.24, 2.45) is 0 Å². The molecule has 21 heavy (non-hydrogen) atoms. The lowest BCUT2D eigenvalue weighted by atomic mass is 10.1. The molecule has 0 aliphatic carbocycles. The van der Waals surface area contributed by atoms with Crippen LogP contribution in [0.1, 0.15) is 5.76 Å². The first-order chi connectivity index (χ1) is 10.0. The van der Waals surface area contributed by atoms with E-state index in [1.165, 1.54) is 25.3 Å². The number of nitro benzene ring substituents is 1. The van der Waals surface area contributed by atoms with Gasteiger partial charge in [0, 0.05) is 17.7 Å². The zero-order chi connectivity index (χ0) is 15.4. The van der Waals surface area contributed by atoms with Crippen LogP contribution in [-0.2, 0) is 4.79 Å². The zero-order valence-corrected chi connectivity index (χ0v) is 11.7. The van der Waals surface area contributed by atoms with Crippen molar-refractivity contribution in [2.75, 3.05) is 7.11 Å². The highest BCUT2D eigenvalue weighted by Crippen LogP contribution is 2.32. The zero-order valence-electron chi connectivity index (χ0n) is 10.9. The summed E-state index contributed by atoms with van der Waals surface area (Å²) in [6, 6.07) is 7.77. The molecule has 0 amide bonds. The van der Waals surface area contributed by atoms with E-state index in [1.54, 1.807) is 18.2 Å². The van der Waals surface area contributed by atoms with Crippen LogP contribution in [0.15, 0.2) is 40.8 Å². The van der Waals surface area contributed by atoms with E-state index in [0.717, 1.165) is 6.08 Å². The summed E-state index contributed by atoms with van der Waals surface area (Å²) in [5.41, 5.74) is 0.374. The summed E-state index contributed by atoms with van der Waals surface area (Å²) in [7, 11) is 1.36. The fourth-order valence-corrected chi connectivity index (χ4v) is 1.79. The lowest BCUT2D eigenvalue weighted by molar-refractivity contribution is -0.385. The molecule has 1 aromatic heterocycles. The number of methoxy groups -OCH3 is 1. The number of nitrogens with zero attached hydrogens (tertiary/aromatic N) is 1. The molecule has 1 aromatic carbocycles. The lowest BCUT2D eigenvalue weighted by Crippen LogP contribution is -1.93. The van der Waals surface area contributed by atoms with Crippen LogP contribution < -0.4 is 4.74 Å². The number of ether oxygens (including phenoxy) is 1. The Morgan fingerprint density at radius 2 is 2.14 bits per heavy atom. The Bertz CT molecular complexity index is 720. The van der Waals surface area contributed by atoms with E-state index >= 15 is 0 Å². The first kappa shape index (κ1) is 14.8. The molecule has 108 valence electrons. The molecule has 7 heteroatoms. The van der Waals surface area contributed by atoms with Crippen molar-refractivity contribution in [3.63, 3.8) is 0 Å². The predicted octanol–water partition coefficient (Wildman–Crippen LogP) is 3.64. The van der Waals surface area contributed by atoms with Crippen LogP contribution in [0.3, 0.4) is 0 Å². The van der Waals surface area contributed by atoms with Gasteiger partial charge in [-0.1, -0.05) is 0 Å². The van der Waals surface area contributed by atoms with Crippen molar-refractivity contribution >= 4 is 28.6 Å². The third-order valence-corrected chi connectivity index (χ3v) is 2.79. The third kappa shape index (κ3) is 3.49. The maximum absolute atomic E-state index is 11.0. The standard InChI is InChI=1S/C14H10ClNO5/c1-20-13-5-2-9(8-11(13)16(18)19)12-6-3-10(21-12)4-7-14(15)17/h2-8H,1H3/b7-4+. The van der Waals surface area contributed by atoms with Gasteiger partial charge in [0.1, 0.15) is 11.5 Å². The number of rotatable bonds is 5. The second-order valence-electron chi connectivity index (χ2n) is 3.98. The molecule has 0 fully saturated rings. The Balaban J connectivity index is 2.36. The second kappa shape index (κ2) is 6.23. The van der Waals surface area contributed by atoms with E-state index in [1.807, 2.05) is 0 Å². The van der Waals surface area contributed by atoms with Crippen LogP contribution in [0.5, 0.6) is 5.75 Å². The molecule has 0 spiro atoms. The van der Waals surface area contributed by atoms with Crippen LogP contribution in [-0.4, -0.2) is 17.3 Å². The summed E-state index contributed by atoms with van der Waals surface area (Å²) in [6.07, 6.45) is 2.57. The van der Waals surface area contributed by atoms with Gasteiger partial charge in [-0.25, -0.2) is 0 Å². The summed E-state index contributed by atoms with van der Waals surface area (Å²) < 4.78 is 10.4. The number of hydrogen-bond donors (Lipinski definition) is 0. The van der Waals surface area contributed by atoms with Gasteiger partial charge in [-0.3, -0.25) is 14.9 Å². The van der Waals surface area contributed by atoms with E-state index in [0.29, 0.717) is 17.1 Å². The van der Waals surface area contributed by atoms with Gasteiger partial charge < -0.3 is 9.15 Å². The van der Waals surface area contributed by atoms with Crippen LogP contribution in [0.2, 0.25) is 0 Å². The van der Waals surface area contributed by atoms with Gasteiger partial charge in [-0.15, -0.1) is 0 Å². The molecule has 2 aromatic rings. The van der Waals surface area contributed by atoms with Gasteiger partial charge in [-0.2, -0.15) is 0 Å². The van der Waals surface area contributed by atoms with Crippen LogP contribution in [0.4, 0.5) is 5.69 Å². The molecule has 0 N–H and O–H groups in total. The van der Waals surface area contributed by atoms with Crippen LogP contribution in [0, 0.1) is 10.1 Å². The molecule has 0 aliphatic heterocycles. The Morgan fingerprint density at radius 3 is 2.76 bits per heavy atom. The Kier molecular flexibility index (Phi) is 4.39. The number of furan rings is 1. The number of carbonyl (C=O) groups is 1. The molecule has 1 heterocycles. The van der Waals surface area contributed by atoms with E-state index in [9.17, 15) is 14.9 Å².